The van der Waals surface area contributed by atoms with Crippen molar-refractivity contribution >= 4 is 26.6 Å². The Labute approximate surface area is 120 Å². The average Bonchev–Trinajstić information content (AvgIpc) is 2.29. The van der Waals surface area contributed by atoms with E-state index in [9.17, 15) is 13.2 Å². The Morgan fingerprint density at radius 1 is 0.944 bits per heavy atom. The molecule has 18 heavy (non-hydrogen) atoms. The van der Waals surface area contributed by atoms with Crippen molar-refractivity contribution < 1.29 is 13.2 Å². The quantitative estimate of drug-likeness (QED) is 0.252. The average molecular weight is 352 g/mol. The van der Waals surface area contributed by atoms with Crippen molar-refractivity contribution in [1.82, 2.24) is 0 Å². The molecule has 0 radical (unpaired) electrons. The van der Waals surface area contributed by atoms with Gasteiger partial charge in [-0.05, 0) is 0 Å². The second-order valence-electron chi connectivity index (χ2n) is 4.62. The second-order valence-corrected chi connectivity index (χ2v) is 7.51. The number of hydrogen-bond donors (Lipinski definition) is 0. The molecule has 0 spiro atoms. The molecular formula is C13H24ClF3Se. The van der Waals surface area contributed by atoms with Gasteiger partial charge in [0.15, 0.2) is 0 Å². The van der Waals surface area contributed by atoms with E-state index >= 15 is 0 Å². The molecule has 1 atom stereocenters. The van der Waals surface area contributed by atoms with Gasteiger partial charge in [-0.3, -0.25) is 0 Å². The molecule has 0 rings (SSSR count). The summed E-state index contributed by atoms with van der Waals surface area (Å²) in [5.41, 5.74) is 0. The van der Waals surface area contributed by atoms with Gasteiger partial charge in [0.05, 0.1) is 0 Å². The zero-order valence-electron chi connectivity index (χ0n) is 11.1. The molecule has 0 N–H and O–H groups in total. The van der Waals surface area contributed by atoms with E-state index in [1.807, 2.05) is 0 Å². The summed E-state index contributed by atoms with van der Waals surface area (Å²) in [6.07, 6.45) is 10.4. The van der Waals surface area contributed by atoms with E-state index in [4.69, 9.17) is 11.6 Å². The Balaban J connectivity index is 3.23. The molecule has 0 saturated carbocycles. The first kappa shape index (κ1) is 18.6. The summed E-state index contributed by atoms with van der Waals surface area (Å²) in [5.74, 6) is 0. The fourth-order valence-corrected chi connectivity index (χ4v) is 3.38. The van der Waals surface area contributed by atoms with Crippen molar-refractivity contribution in [2.75, 3.05) is 0 Å². The summed E-state index contributed by atoms with van der Waals surface area (Å²) >= 11 is 4.58. The van der Waals surface area contributed by atoms with Crippen LogP contribution in [0, 0.1) is 0 Å². The molecule has 0 aromatic heterocycles. The van der Waals surface area contributed by atoms with Crippen molar-refractivity contribution in [3.63, 3.8) is 0 Å². The topological polar surface area (TPSA) is 0 Å². The van der Waals surface area contributed by atoms with E-state index in [0.717, 1.165) is 19.3 Å². The van der Waals surface area contributed by atoms with Crippen LogP contribution in [0.2, 0.25) is 5.32 Å². The molecule has 0 aliphatic heterocycles. The second kappa shape index (κ2) is 11.4. The van der Waals surface area contributed by atoms with Crippen molar-refractivity contribution in [3.8, 4) is 0 Å². The number of halogens is 4. The molecule has 0 fully saturated rings. The van der Waals surface area contributed by atoms with Crippen molar-refractivity contribution in [2.24, 2.45) is 0 Å². The van der Waals surface area contributed by atoms with E-state index in [0.29, 0.717) is 0 Å². The Bertz CT molecular complexity index is 186. The van der Waals surface area contributed by atoms with Gasteiger partial charge in [-0.1, -0.05) is 0 Å². The third-order valence-corrected chi connectivity index (χ3v) is 5.47. The summed E-state index contributed by atoms with van der Waals surface area (Å²) in [4.78, 5) is 0. The number of hydrogen-bond acceptors (Lipinski definition) is 0. The van der Waals surface area contributed by atoms with Gasteiger partial charge in [-0.25, -0.2) is 0 Å². The number of rotatable bonds is 11. The molecule has 0 aliphatic carbocycles. The fourth-order valence-electron chi connectivity index (χ4n) is 1.77. The van der Waals surface area contributed by atoms with Crippen molar-refractivity contribution in [3.05, 3.63) is 0 Å². The van der Waals surface area contributed by atoms with Crippen LogP contribution in [0.25, 0.3) is 0 Å². The summed E-state index contributed by atoms with van der Waals surface area (Å²) in [6.45, 7) is 2.20. The van der Waals surface area contributed by atoms with Crippen LogP contribution < -0.4 is 0 Å². The summed E-state index contributed by atoms with van der Waals surface area (Å²) < 4.78 is 35.9. The fraction of sp³-hybridized carbons (Fsp3) is 1.00. The number of alkyl halides is 4. The Morgan fingerprint density at radius 3 is 1.94 bits per heavy atom. The summed E-state index contributed by atoms with van der Waals surface area (Å²) in [7, 11) is 0. The van der Waals surface area contributed by atoms with Gasteiger partial charge in [0.25, 0.3) is 0 Å². The predicted molar refractivity (Wildman–Crippen MR) is 73.5 cm³/mol. The standard InChI is InChI=1S/C13H24ClF3Se/c1-2-3-4-5-6-7-8-9-10-12(14)11-18-13(15,16)17/h12H,2-11H2,1H3. The van der Waals surface area contributed by atoms with E-state index in [1.165, 1.54) is 38.5 Å². The monoisotopic (exact) mass is 352 g/mol. The van der Waals surface area contributed by atoms with Crippen LogP contribution in [0.15, 0.2) is 0 Å². The molecule has 0 saturated heterocycles. The Morgan fingerprint density at radius 2 is 1.44 bits per heavy atom. The van der Waals surface area contributed by atoms with Crippen LogP contribution >= 0.6 is 11.6 Å². The van der Waals surface area contributed by atoms with Crippen molar-refractivity contribution in [2.45, 2.75) is 80.5 Å². The van der Waals surface area contributed by atoms with Crippen LogP contribution in [-0.4, -0.2) is 25.4 Å². The van der Waals surface area contributed by atoms with Gasteiger partial charge in [0.1, 0.15) is 0 Å². The minimum atomic E-state index is -4.00. The van der Waals surface area contributed by atoms with E-state index in [-0.39, 0.29) is 10.7 Å². The third kappa shape index (κ3) is 14.7. The molecule has 0 aromatic rings. The molecule has 1 unspecified atom stereocenters. The van der Waals surface area contributed by atoms with Crippen LogP contribution in [0.3, 0.4) is 0 Å². The third-order valence-electron chi connectivity index (χ3n) is 2.80. The van der Waals surface area contributed by atoms with Gasteiger partial charge in [0, 0.05) is 0 Å². The zero-order chi connectivity index (χ0) is 13.9. The molecule has 0 heterocycles. The van der Waals surface area contributed by atoms with Crippen LogP contribution in [0.5, 0.6) is 0 Å². The van der Waals surface area contributed by atoms with Gasteiger partial charge in [-0.2, -0.15) is 0 Å². The first-order chi connectivity index (χ1) is 8.45. The maximum absolute atomic E-state index is 12.0. The Kier molecular flexibility index (Phi) is 11.8. The van der Waals surface area contributed by atoms with Crippen molar-refractivity contribution in [1.29, 1.82) is 0 Å². The Hall–Kier alpha value is 0.599. The minimum absolute atomic E-state index is 0.120. The molecule has 0 nitrogen and oxygen atoms in total. The van der Waals surface area contributed by atoms with Gasteiger partial charge >= 0.3 is 120 Å². The molecule has 5 heteroatoms. The molecule has 0 aliphatic rings. The molecule has 0 aromatic carbocycles. The van der Waals surface area contributed by atoms with Gasteiger partial charge in [-0.15, -0.1) is 0 Å². The zero-order valence-corrected chi connectivity index (χ0v) is 13.5. The van der Waals surface area contributed by atoms with E-state index in [2.05, 4.69) is 6.92 Å². The van der Waals surface area contributed by atoms with Crippen LogP contribution in [0.4, 0.5) is 13.2 Å². The normalized spacial score (nSPS) is 13.8. The summed E-state index contributed by atoms with van der Waals surface area (Å²) in [6, 6.07) is 0. The maximum atomic E-state index is 12.0. The van der Waals surface area contributed by atoms with Gasteiger partial charge < -0.3 is 0 Å². The predicted octanol–water partition coefficient (Wildman–Crippen LogP) is 5.77. The SMILES string of the molecule is CCCCCCCCCCC(Cl)C[Se]C(F)(F)F. The first-order valence-corrected chi connectivity index (χ1v) is 9.31. The number of unbranched alkanes of at least 4 members (excludes halogenated alkanes) is 7. The van der Waals surface area contributed by atoms with Crippen LogP contribution in [0.1, 0.15) is 64.7 Å². The van der Waals surface area contributed by atoms with Gasteiger partial charge in [0.2, 0.25) is 0 Å². The molecule has 0 amide bonds. The molecular weight excluding hydrogens is 328 g/mol. The molecule has 0 bridgehead atoms. The molecule has 110 valence electrons. The first-order valence-electron chi connectivity index (χ1n) is 6.80. The summed E-state index contributed by atoms with van der Waals surface area (Å²) in [5, 5.41) is -4.17. The van der Waals surface area contributed by atoms with E-state index < -0.39 is 20.0 Å². The van der Waals surface area contributed by atoms with Crippen LogP contribution in [-0.2, 0) is 0 Å². The van der Waals surface area contributed by atoms with E-state index in [1.54, 1.807) is 0 Å².